The number of hydrogen-bond acceptors (Lipinski definition) is 5. The molecule has 0 aliphatic rings. The van der Waals surface area contributed by atoms with Crippen molar-refractivity contribution in [2.75, 3.05) is 14.2 Å². The minimum absolute atomic E-state index is 0.0346. The van der Waals surface area contributed by atoms with Gasteiger partial charge in [0.1, 0.15) is 11.5 Å². The van der Waals surface area contributed by atoms with E-state index in [2.05, 4.69) is 6.08 Å². The second kappa shape index (κ2) is 14.1. The molecule has 190 valence electrons. The van der Waals surface area contributed by atoms with E-state index in [1.54, 1.807) is 28.1 Å². The average molecular weight is 473 g/mol. The summed E-state index contributed by atoms with van der Waals surface area (Å²) in [6.45, 7) is 11.3. The number of benzene rings is 1. The van der Waals surface area contributed by atoms with E-state index in [1.165, 1.54) is 12.2 Å². The van der Waals surface area contributed by atoms with E-state index in [0.717, 1.165) is 53.0 Å². The zero-order valence-electron chi connectivity index (χ0n) is 22.3. The van der Waals surface area contributed by atoms with Crippen LogP contribution in [0.4, 0.5) is 0 Å². The van der Waals surface area contributed by atoms with Crippen LogP contribution in [0.25, 0.3) is 0 Å². The maximum Gasteiger partial charge on any atom is 0.158 e. The highest BCUT2D eigenvalue weighted by molar-refractivity contribution is 5.91. The molecule has 0 heterocycles. The largest absolute Gasteiger partial charge is 0.497 e. The molecule has 0 spiro atoms. The molecule has 34 heavy (non-hydrogen) atoms. The second-order valence-electron chi connectivity index (χ2n) is 9.86. The zero-order valence-corrected chi connectivity index (χ0v) is 22.3. The van der Waals surface area contributed by atoms with Gasteiger partial charge >= 0.3 is 0 Å². The molecule has 5 nitrogen and oxygen atoms in total. The fourth-order valence-corrected chi connectivity index (χ4v) is 3.82. The summed E-state index contributed by atoms with van der Waals surface area (Å²) in [6.07, 6.45) is 10.3. The van der Waals surface area contributed by atoms with Gasteiger partial charge in [-0.3, -0.25) is 4.79 Å². The predicted octanol–water partition coefficient (Wildman–Crippen LogP) is 5.90. The van der Waals surface area contributed by atoms with Crippen molar-refractivity contribution < 1.29 is 24.5 Å². The lowest BCUT2D eigenvalue weighted by atomic mass is 9.95. The van der Waals surface area contributed by atoms with Crippen molar-refractivity contribution in [3.05, 3.63) is 58.7 Å². The Labute approximate surface area is 206 Å². The van der Waals surface area contributed by atoms with Crippen LogP contribution in [0.1, 0.15) is 71.4 Å². The van der Waals surface area contributed by atoms with Crippen molar-refractivity contribution in [3.63, 3.8) is 0 Å². The summed E-state index contributed by atoms with van der Waals surface area (Å²) < 4.78 is 10.9. The maximum absolute atomic E-state index is 12.1. The molecule has 0 fully saturated rings. The second-order valence-corrected chi connectivity index (χ2v) is 9.86. The Hall–Kier alpha value is -2.37. The van der Waals surface area contributed by atoms with E-state index in [4.69, 9.17) is 9.47 Å². The Bertz CT molecular complexity index is 887. The highest BCUT2D eigenvalue weighted by atomic mass is 16.5. The molecule has 2 N–H and O–H groups in total. The van der Waals surface area contributed by atoms with Crippen molar-refractivity contribution in [1.29, 1.82) is 0 Å². The van der Waals surface area contributed by atoms with Crippen LogP contribution < -0.4 is 9.47 Å². The molecule has 0 aliphatic heterocycles. The minimum atomic E-state index is -0.976. The van der Waals surface area contributed by atoms with Crippen molar-refractivity contribution >= 4 is 5.78 Å². The SMILES string of the molecule is COc1cc(C)c(OC)c(CC=C(C)CC(O)C=C(C)CCCC(C)C(=O)C=CC(C)(C)O)c1. The van der Waals surface area contributed by atoms with Crippen LogP contribution in [-0.4, -0.2) is 41.9 Å². The van der Waals surface area contributed by atoms with Crippen molar-refractivity contribution in [2.24, 2.45) is 5.92 Å². The smallest absolute Gasteiger partial charge is 0.158 e. The standard InChI is InChI=1S/C29H44O5/c1-20(10-9-11-22(3)27(31)14-15-29(5,6)32)16-25(30)17-21(2)12-13-24-19-26(33-7)18-23(4)28(24)34-8/h12,14-16,18-19,22,25,30,32H,9-11,13,17H2,1-8H3. The van der Waals surface area contributed by atoms with E-state index in [1.807, 2.05) is 45.9 Å². The number of ether oxygens (including phenoxy) is 2. The normalized spacial score (nSPS) is 14.9. The lowest BCUT2D eigenvalue weighted by Gasteiger charge is -2.13. The summed E-state index contributed by atoms with van der Waals surface area (Å²) in [7, 11) is 3.33. The summed E-state index contributed by atoms with van der Waals surface area (Å²) in [6, 6.07) is 3.95. The van der Waals surface area contributed by atoms with E-state index in [9.17, 15) is 15.0 Å². The number of carbonyl (C=O) groups excluding carboxylic acids is 1. The first-order valence-electron chi connectivity index (χ1n) is 12.0. The van der Waals surface area contributed by atoms with Gasteiger partial charge in [0.05, 0.1) is 25.9 Å². The number of aryl methyl sites for hydroxylation is 1. The third-order valence-electron chi connectivity index (χ3n) is 5.79. The van der Waals surface area contributed by atoms with Crippen LogP contribution in [0.2, 0.25) is 0 Å². The molecular formula is C29H44O5. The van der Waals surface area contributed by atoms with Crippen LogP contribution >= 0.6 is 0 Å². The van der Waals surface area contributed by atoms with Crippen LogP contribution in [0.5, 0.6) is 11.5 Å². The lowest BCUT2D eigenvalue weighted by Crippen LogP contribution is -2.16. The van der Waals surface area contributed by atoms with Crippen LogP contribution in [-0.2, 0) is 11.2 Å². The molecule has 0 saturated heterocycles. The Morgan fingerprint density at radius 1 is 1.15 bits per heavy atom. The topological polar surface area (TPSA) is 76.0 Å². The Balaban J connectivity index is 2.58. The lowest BCUT2D eigenvalue weighted by molar-refractivity contribution is -0.118. The van der Waals surface area contributed by atoms with E-state index >= 15 is 0 Å². The Morgan fingerprint density at radius 2 is 1.82 bits per heavy atom. The van der Waals surface area contributed by atoms with Gasteiger partial charge < -0.3 is 19.7 Å². The Morgan fingerprint density at radius 3 is 2.41 bits per heavy atom. The number of rotatable bonds is 14. The summed E-state index contributed by atoms with van der Waals surface area (Å²) in [5.74, 6) is 1.62. The highest BCUT2D eigenvalue weighted by Gasteiger charge is 2.13. The number of carbonyl (C=O) groups is 1. The third kappa shape index (κ3) is 11.2. The number of aliphatic hydroxyl groups is 2. The van der Waals surface area contributed by atoms with Gasteiger partial charge in [0, 0.05) is 11.5 Å². The van der Waals surface area contributed by atoms with Crippen molar-refractivity contribution in [3.8, 4) is 11.5 Å². The van der Waals surface area contributed by atoms with E-state index < -0.39 is 11.7 Å². The van der Waals surface area contributed by atoms with Gasteiger partial charge in [-0.05, 0) is 90.5 Å². The van der Waals surface area contributed by atoms with Gasteiger partial charge in [-0.15, -0.1) is 0 Å². The van der Waals surface area contributed by atoms with Gasteiger partial charge in [0.25, 0.3) is 0 Å². The van der Waals surface area contributed by atoms with E-state index in [0.29, 0.717) is 12.8 Å². The number of aliphatic hydroxyl groups excluding tert-OH is 1. The third-order valence-corrected chi connectivity index (χ3v) is 5.79. The zero-order chi connectivity index (χ0) is 25.9. The molecule has 1 aromatic carbocycles. The molecule has 0 aromatic heterocycles. The summed E-state index contributed by atoms with van der Waals surface area (Å²) in [4.78, 5) is 12.1. The molecule has 5 heteroatoms. The summed E-state index contributed by atoms with van der Waals surface area (Å²) in [5.41, 5.74) is 3.34. The van der Waals surface area contributed by atoms with Crippen molar-refractivity contribution in [1.82, 2.24) is 0 Å². The van der Waals surface area contributed by atoms with Gasteiger partial charge in [-0.1, -0.05) is 36.3 Å². The van der Waals surface area contributed by atoms with Crippen molar-refractivity contribution in [2.45, 2.75) is 85.4 Å². The highest BCUT2D eigenvalue weighted by Crippen LogP contribution is 2.29. The van der Waals surface area contributed by atoms with Crippen LogP contribution in [0, 0.1) is 12.8 Å². The molecule has 0 bridgehead atoms. The fraction of sp³-hybridized carbons (Fsp3) is 0.552. The molecular weight excluding hydrogens is 428 g/mol. The van der Waals surface area contributed by atoms with Gasteiger partial charge in [-0.2, -0.15) is 0 Å². The molecule has 0 saturated carbocycles. The average Bonchev–Trinajstić information content (AvgIpc) is 2.74. The van der Waals surface area contributed by atoms with E-state index in [-0.39, 0.29) is 11.7 Å². The first-order valence-corrected chi connectivity index (χ1v) is 12.0. The number of methoxy groups -OCH3 is 2. The van der Waals surface area contributed by atoms with Gasteiger partial charge in [0.15, 0.2) is 5.78 Å². The number of ketones is 1. The monoisotopic (exact) mass is 472 g/mol. The predicted molar refractivity (Wildman–Crippen MR) is 140 cm³/mol. The number of allylic oxidation sites excluding steroid dienone is 3. The maximum atomic E-state index is 12.1. The molecule has 0 aliphatic carbocycles. The Kier molecular flexibility index (Phi) is 12.3. The molecule has 2 unspecified atom stereocenters. The number of hydrogen-bond donors (Lipinski definition) is 2. The van der Waals surface area contributed by atoms with Crippen LogP contribution in [0.3, 0.4) is 0 Å². The van der Waals surface area contributed by atoms with Gasteiger partial charge in [-0.25, -0.2) is 0 Å². The minimum Gasteiger partial charge on any atom is -0.497 e. The quantitative estimate of drug-likeness (QED) is 0.260. The van der Waals surface area contributed by atoms with Crippen LogP contribution in [0.15, 0.2) is 47.6 Å². The first-order chi connectivity index (χ1) is 15.9. The van der Waals surface area contributed by atoms with Gasteiger partial charge in [0.2, 0.25) is 0 Å². The molecule has 1 aromatic rings. The summed E-state index contributed by atoms with van der Waals surface area (Å²) in [5, 5.41) is 20.2. The molecule has 0 amide bonds. The molecule has 0 radical (unpaired) electrons. The fourth-order valence-electron chi connectivity index (χ4n) is 3.82. The molecule has 1 rings (SSSR count). The summed E-state index contributed by atoms with van der Waals surface area (Å²) >= 11 is 0. The molecule has 2 atom stereocenters. The first kappa shape index (κ1) is 29.7.